The zero-order valence-corrected chi connectivity index (χ0v) is 17.2. The van der Waals surface area contributed by atoms with Crippen molar-refractivity contribution in [2.45, 2.75) is 6.92 Å². The summed E-state index contributed by atoms with van der Waals surface area (Å²) >= 11 is 0. The fourth-order valence-electron chi connectivity index (χ4n) is 2.42. The number of hydrogen-bond donors (Lipinski definition) is 2. The maximum absolute atomic E-state index is 11.9. The quantitative estimate of drug-likeness (QED) is 0.518. The molecule has 0 fully saturated rings. The van der Waals surface area contributed by atoms with Gasteiger partial charge in [0.2, 0.25) is 11.8 Å². The highest BCUT2D eigenvalue weighted by atomic mass is 16.5. The fraction of sp³-hybridized carbons (Fsp3) is 0.217. The average molecular weight is 408 g/mol. The second-order valence-electron chi connectivity index (χ2n) is 6.02. The molecule has 2 aromatic carbocycles. The Morgan fingerprint density at radius 3 is 2.57 bits per heavy atom. The zero-order chi connectivity index (χ0) is 21.8. The van der Waals surface area contributed by atoms with Crippen LogP contribution < -0.4 is 24.8 Å². The summed E-state index contributed by atoms with van der Waals surface area (Å²) in [6.45, 7) is 1.81. The number of carbonyl (C=O) groups excluding carboxylic acids is 2. The standard InChI is InChI=1S/C23H24N2O5/c1-17(26)25-19-7-6-8-20(16-19)30-14-5-4-13-24-23(27)12-10-18-9-11-21(28-2)22(15-18)29-3/h6-12,15-16H,13-14H2,1-3H3,(H,24,27)(H,25,26)/b12-10+. The lowest BCUT2D eigenvalue weighted by Crippen LogP contribution is -2.21. The summed E-state index contributed by atoms with van der Waals surface area (Å²) in [6.07, 6.45) is 3.10. The topological polar surface area (TPSA) is 85.9 Å². The molecule has 0 spiro atoms. The van der Waals surface area contributed by atoms with Crippen molar-refractivity contribution in [2.75, 3.05) is 32.7 Å². The number of carbonyl (C=O) groups is 2. The number of ether oxygens (including phenoxy) is 3. The van der Waals surface area contributed by atoms with Crippen LogP contribution in [0, 0.1) is 11.8 Å². The van der Waals surface area contributed by atoms with Crippen LogP contribution in [0.15, 0.2) is 48.5 Å². The minimum absolute atomic E-state index is 0.150. The third kappa shape index (κ3) is 7.60. The molecule has 7 nitrogen and oxygen atoms in total. The molecule has 0 heterocycles. The van der Waals surface area contributed by atoms with E-state index in [-0.39, 0.29) is 25.0 Å². The lowest BCUT2D eigenvalue weighted by Gasteiger charge is -2.07. The maximum Gasteiger partial charge on any atom is 0.244 e. The molecule has 0 bridgehead atoms. The molecule has 2 aromatic rings. The Morgan fingerprint density at radius 2 is 1.83 bits per heavy atom. The molecular weight excluding hydrogens is 384 g/mol. The molecule has 2 rings (SSSR count). The van der Waals surface area contributed by atoms with Crippen LogP contribution in [0.5, 0.6) is 17.2 Å². The van der Waals surface area contributed by atoms with Gasteiger partial charge in [0.1, 0.15) is 12.4 Å². The Kier molecular flexibility index (Phi) is 8.81. The van der Waals surface area contributed by atoms with Gasteiger partial charge in [-0.3, -0.25) is 9.59 Å². The molecule has 0 aliphatic heterocycles. The van der Waals surface area contributed by atoms with E-state index in [2.05, 4.69) is 22.5 Å². The van der Waals surface area contributed by atoms with E-state index < -0.39 is 0 Å². The Morgan fingerprint density at radius 1 is 1.03 bits per heavy atom. The Balaban J connectivity index is 1.76. The van der Waals surface area contributed by atoms with Gasteiger partial charge >= 0.3 is 0 Å². The molecule has 30 heavy (non-hydrogen) atoms. The Bertz CT molecular complexity index is 973. The van der Waals surface area contributed by atoms with E-state index in [9.17, 15) is 9.59 Å². The van der Waals surface area contributed by atoms with Gasteiger partial charge in [0.05, 0.1) is 20.8 Å². The first kappa shape index (κ1) is 22.4. The molecule has 156 valence electrons. The van der Waals surface area contributed by atoms with Gasteiger partial charge in [0, 0.05) is 24.8 Å². The monoisotopic (exact) mass is 408 g/mol. The lowest BCUT2D eigenvalue weighted by molar-refractivity contribution is -0.116. The van der Waals surface area contributed by atoms with Gasteiger partial charge in [-0.1, -0.05) is 24.0 Å². The average Bonchev–Trinajstić information content (AvgIpc) is 2.74. The first-order valence-electron chi connectivity index (χ1n) is 9.16. The summed E-state index contributed by atoms with van der Waals surface area (Å²) < 4.78 is 15.9. The molecule has 7 heteroatoms. The molecule has 0 unspecified atom stereocenters. The highest BCUT2D eigenvalue weighted by Crippen LogP contribution is 2.27. The number of benzene rings is 2. The predicted molar refractivity (Wildman–Crippen MR) is 116 cm³/mol. The third-order valence-electron chi connectivity index (χ3n) is 3.78. The number of nitrogens with one attached hydrogen (secondary N) is 2. The summed E-state index contributed by atoms with van der Waals surface area (Å²) in [4.78, 5) is 23.0. The van der Waals surface area contributed by atoms with Gasteiger partial charge in [-0.05, 0) is 35.9 Å². The molecule has 0 radical (unpaired) electrons. The number of hydrogen-bond acceptors (Lipinski definition) is 5. The highest BCUT2D eigenvalue weighted by molar-refractivity contribution is 5.92. The maximum atomic E-state index is 11.9. The van der Waals surface area contributed by atoms with Crippen LogP contribution in [0.4, 0.5) is 5.69 Å². The number of rotatable bonds is 8. The van der Waals surface area contributed by atoms with Crippen molar-refractivity contribution in [2.24, 2.45) is 0 Å². The summed E-state index contributed by atoms with van der Waals surface area (Å²) in [7, 11) is 3.12. The van der Waals surface area contributed by atoms with E-state index in [0.717, 1.165) is 5.56 Å². The van der Waals surface area contributed by atoms with E-state index in [1.807, 2.05) is 6.07 Å². The number of amides is 2. The van der Waals surface area contributed by atoms with E-state index >= 15 is 0 Å². The van der Waals surface area contributed by atoms with Gasteiger partial charge in [0.15, 0.2) is 11.5 Å². The molecule has 0 saturated carbocycles. The molecule has 0 aliphatic rings. The van der Waals surface area contributed by atoms with Gasteiger partial charge in [-0.15, -0.1) is 0 Å². The molecule has 0 aromatic heterocycles. The summed E-state index contributed by atoms with van der Waals surface area (Å²) in [5.41, 5.74) is 1.46. The van der Waals surface area contributed by atoms with Gasteiger partial charge < -0.3 is 24.8 Å². The van der Waals surface area contributed by atoms with Crippen molar-refractivity contribution in [3.05, 3.63) is 54.1 Å². The minimum atomic E-state index is -0.261. The number of anilines is 1. The first-order valence-corrected chi connectivity index (χ1v) is 9.16. The summed E-state index contributed by atoms with van der Waals surface area (Å²) in [5.74, 6) is 7.04. The van der Waals surface area contributed by atoms with Crippen molar-refractivity contribution in [3.8, 4) is 29.1 Å². The van der Waals surface area contributed by atoms with Crippen LogP contribution in [-0.4, -0.2) is 39.2 Å². The summed E-state index contributed by atoms with van der Waals surface area (Å²) in [6, 6.07) is 12.4. The molecule has 0 saturated heterocycles. The minimum Gasteiger partial charge on any atom is -0.493 e. The summed E-state index contributed by atoms with van der Waals surface area (Å²) in [5, 5.41) is 5.36. The van der Waals surface area contributed by atoms with Crippen molar-refractivity contribution >= 4 is 23.6 Å². The largest absolute Gasteiger partial charge is 0.493 e. The smallest absolute Gasteiger partial charge is 0.244 e. The molecule has 2 N–H and O–H groups in total. The van der Waals surface area contributed by atoms with Crippen LogP contribution in [0.2, 0.25) is 0 Å². The molecule has 0 aliphatic carbocycles. The van der Waals surface area contributed by atoms with E-state index in [1.165, 1.54) is 13.0 Å². The van der Waals surface area contributed by atoms with E-state index in [0.29, 0.717) is 22.9 Å². The van der Waals surface area contributed by atoms with Crippen molar-refractivity contribution < 1.29 is 23.8 Å². The van der Waals surface area contributed by atoms with Crippen molar-refractivity contribution in [1.29, 1.82) is 0 Å². The van der Waals surface area contributed by atoms with Gasteiger partial charge in [0.25, 0.3) is 0 Å². The second kappa shape index (κ2) is 11.8. The second-order valence-corrected chi connectivity index (χ2v) is 6.02. The van der Waals surface area contributed by atoms with Crippen molar-refractivity contribution in [3.63, 3.8) is 0 Å². The van der Waals surface area contributed by atoms with Crippen molar-refractivity contribution in [1.82, 2.24) is 5.32 Å². The predicted octanol–water partition coefficient (Wildman–Crippen LogP) is 2.87. The fourth-order valence-corrected chi connectivity index (χ4v) is 2.42. The van der Waals surface area contributed by atoms with E-state index in [1.54, 1.807) is 56.7 Å². The lowest BCUT2D eigenvalue weighted by atomic mass is 10.2. The molecule has 2 amide bonds. The Labute approximate surface area is 176 Å². The van der Waals surface area contributed by atoms with Crippen LogP contribution in [0.25, 0.3) is 6.08 Å². The van der Waals surface area contributed by atoms with Crippen LogP contribution in [-0.2, 0) is 9.59 Å². The zero-order valence-electron chi connectivity index (χ0n) is 17.2. The van der Waals surface area contributed by atoms with Crippen LogP contribution in [0.3, 0.4) is 0 Å². The molecule has 0 atom stereocenters. The normalized spacial score (nSPS) is 9.97. The highest BCUT2D eigenvalue weighted by Gasteiger charge is 2.03. The first-order chi connectivity index (χ1) is 14.5. The van der Waals surface area contributed by atoms with Crippen LogP contribution >= 0.6 is 0 Å². The molecular formula is C23H24N2O5. The third-order valence-corrected chi connectivity index (χ3v) is 3.78. The number of methoxy groups -OCH3 is 2. The van der Waals surface area contributed by atoms with E-state index in [4.69, 9.17) is 14.2 Å². The Hall–Kier alpha value is -3.92. The van der Waals surface area contributed by atoms with Crippen LogP contribution in [0.1, 0.15) is 12.5 Å². The van der Waals surface area contributed by atoms with Gasteiger partial charge in [-0.2, -0.15) is 0 Å². The SMILES string of the molecule is COc1ccc(/C=C/C(=O)NCC#CCOc2cccc(NC(C)=O)c2)cc1OC. The van der Waals surface area contributed by atoms with Gasteiger partial charge in [-0.25, -0.2) is 0 Å².